The van der Waals surface area contributed by atoms with Gasteiger partial charge in [0.05, 0.1) is 23.4 Å². The molecule has 3 rings (SSSR count). The lowest BCUT2D eigenvalue weighted by Crippen LogP contribution is -2.35. The molecular weight excluding hydrogens is 369 g/mol. The second-order valence-corrected chi connectivity index (χ2v) is 6.57. The molecule has 0 radical (unpaired) electrons. The summed E-state index contributed by atoms with van der Waals surface area (Å²) in [6.07, 6.45) is -3.55. The maximum atomic E-state index is 13.5. The lowest BCUT2D eigenvalue weighted by molar-refractivity contribution is -0.142. The number of carbonyl (C=O) groups is 1. The van der Waals surface area contributed by atoms with Gasteiger partial charge in [-0.3, -0.25) is 4.79 Å². The van der Waals surface area contributed by atoms with Gasteiger partial charge in [0.2, 0.25) is 0 Å². The Morgan fingerprint density at radius 2 is 2.23 bits per heavy atom. The van der Waals surface area contributed by atoms with Crippen molar-refractivity contribution in [1.29, 1.82) is 0 Å². The molecule has 26 heavy (non-hydrogen) atoms. The number of rotatable bonds is 5. The van der Waals surface area contributed by atoms with Gasteiger partial charge in [0.15, 0.2) is 11.3 Å². The van der Waals surface area contributed by atoms with E-state index in [1.807, 2.05) is 0 Å². The van der Waals surface area contributed by atoms with Crippen molar-refractivity contribution in [1.82, 2.24) is 19.9 Å². The van der Waals surface area contributed by atoms with E-state index in [9.17, 15) is 18.0 Å². The molecule has 6 nitrogen and oxygen atoms in total. The highest BCUT2D eigenvalue weighted by Gasteiger charge is 2.36. The van der Waals surface area contributed by atoms with Crippen LogP contribution in [0.2, 0.25) is 0 Å². The average Bonchev–Trinajstić information content (AvgIpc) is 3.22. The molecule has 3 aromatic heterocycles. The minimum Gasteiger partial charge on any atom is -0.383 e. The van der Waals surface area contributed by atoms with E-state index in [1.165, 1.54) is 18.4 Å². The molecule has 138 valence electrons. The number of hydrogen-bond acceptors (Lipinski definition) is 5. The van der Waals surface area contributed by atoms with Crippen LogP contribution in [0.4, 0.5) is 13.2 Å². The van der Waals surface area contributed by atoms with E-state index in [0.717, 1.165) is 12.3 Å². The van der Waals surface area contributed by atoms with Crippen molar-refractivity contribution in [3.8, 4) is 10.6 Å². The zero-order valence-corrected chi connectivity index (χ0v) is 14.7. The highest BCUT2D eigenvalue weighted by atomic mass is 32.1. The Labute approximate surface area is 150 Å². The monoisotopic (exact) mass is 384 g/mol. The molecule has 0 aromatic carbocycles. The Balaban J connectivity index is 2.12. The lowest BCUT2D eigenvalue weighted by atomic mass is 10.2. The number of aromatic nitrogens is 3. The van der Waals surface area contributed by atoms with Crippen LogP contribution in [0, 0.1) is 0 Å². The Hall–Kier alpha value is -2.46. The van der Waals surface area contributed by atoms with Crippen molar-refractivity contribution >= 4 is 22.9 Å². The highest BCUT2D eigenvalue weighted by molar-refractivity contribution is 7.13. The van der Waals surface area contributed by atoms with Gasteiger partial charge in [-0.05, 0) is 24.4 Å². The molecule has 10 heteroatoms. The van der Waals surface area contributed by atoms with Crippen molar-refractivity contribution in [3.63, 3.8) is 0 Å². The highest BCUT2D eigenvalue weighted by Crippen LogP contribution is 2.33. The third kappa shape index (κ3) is 3.56. The summed E-state index contributed by atoms with van der Waals surface area (Å²) in [6, 6.07) is 4.00. The quantitative estimate of drug-likeness (QED) is 0.733. The normalized spacial score (nSPS) is 13.1. The van der Waals surface area contributed by atoms with Crippen molar-refractivity contribution < 1.29 is 22.7 Å². The Morgan fingerprint density at radius 3 is 2.85 bits per heavy atom. The second-order valence-electron chi connectivity index (χ2n) is 5.63. The summed E-state index contributed by atoms with van der Waals surface area (Å²) in [5.41, 5.74) is -1.03. The molecule has 0 aliphatic rings. The van der Waals surface area contributed by atoms with Crippen LogP contribution in [0.5, 0.6) is 0 Å². The first-order valence-corrected chi connectivity index (χ1v) is 8.49. The van der Waals surface area contributed by atoms with E-state index in [4.69, 9.17) is 4.74 Å². The summed E-state index contributed by atoms with van der Waals surface area (Å²) in [5, 5.41) is 8.12. The minimum absolute atomic E-state index is 0.0307. The molecule has 0 saturated carbocycles. The van der Waals surface area contributed by atoms with Crippen LogP contribution < -0.4 is 5.32 Å². The van der Waals surface area contributed by atoms with E-state index in [2.05, 4.69) is 15.4 Å². The molecular formula is C16H15F3N4O2S. The molecule has 0 saturated heterocycles. The third-order valence-corrected chi connectivity index (χ3v) is 4.47. The SMILES string of the molecule is COC[C@@H](C)NC(=O)c1cnn2c(C(F)(F)F)cc(-c3cccs3)nc12. The van der Waals surface area contributed by atoms with E-state index < -0.39 is 17.8 Å². The lowest BCUT2D eigenvalue weighted by Gasteiger charge is -2.13. The summed E-state index contributed by atoms with van der Waals surface area (Å²) >= 11 is 1.26. The molecule has 1 amide bonds. The third-order valence-electron chi connectivity index (χ3n) is 3.57. The second kappa shape index (κ2) is 7.04. The van der Waals surface area contributed by atoms with Crippen molar-refractivity contribution in [3.05, 3.63) is 41.0 Å². The number of halogens is 3. The van der Waals surface area contributed by atoms with Gasteiger partial charge in [-0.25, -0.2) is 9.50 Å². The molecule has 0 unspecified atom stereocenters. The number of amides is 1. The fraction of sp³-hybridized carbons (Fsp3) is 0.312. The number of carbonyl (C=O) groups excluding carboxylic acids is 1. The zero-order chi connectivity index (χ0) is 18.9. The van der Waals surface area contributed by atoms with Crippen LogP contribution in [0.25, 0.3) is 16.2 Å². The maximum Gasteiger partial charge on any atom is 0.433 e. The summed E-state index contributed by atoms with van der Waals surface area (Å²) < 4.78 is 46.0. The fourth-order valence-corrected chi connectivity index (χ4v) is 3.15. The van der Waals surface area contributed by atoms with Crippen LogP contribution >= 0.6 is 11.3 Å². The van der Waals surface area contributed by atoms with Crippen molar-refractivity contribution in [2.45, 2.75) is 19.1 Å². The molecule has 1 N–H and O–H groups in total. The van der Waals surface area contributed by atoms with Crippen molar-refractivity contribution in [2.75, 3.05) is 13.7 Å². The number of alkyl halides is 3. The summed E-state index contributed by atoms with van der Waals surface area (Å²) in [4.78, 5) is 17.2. The first kappa shape index (κ1) is 18.3. The van der Waals surface area contributed by atoms with Gasteiger partial charge in [0, 0.05) is 13.2 Å². The van der Waals surface area contributed by atoms with Gasteiger partial charge >= 0.3 is 6.18 Å². The van der Waals surface area contributed by atoms with Crippen LogP contribution in [0.3, 0.4) is 0 Å². The maximum absolute atomic E-state index is 13.5. The van der Waals surface area contributed by atoms with Gasteiger partial charge in [-0.1, -0.05) is 6.07 Å². The molecule has 3 aromatic rings. The minimum atomic E-state index is -4.64. The molecule has 1 atom stereocenters. The standard InChI is InChI=1S/C16H15F3N4O2S/c1-9(8-25-2)21-15(24)10-7-20-23-13(16(17,18)19)6-11(22-14(10)23)12-4-3-5-26-12/h3-7,9H,8H2,1-2H3,(H,21,24)/t9-/m1/s1. The number of ether oxygens (including phenoxy) is 1. The first-order chi connectivity index (χ1) is 12.3. The summed E-state index contributed by atoms with van der Waals surface area (Å²) in [7, 11) is 1.49. The van der Waals surface area contributed by atoms with Crippen LogP contribution in [-0.2, 0) is 10.9 Å². The van der Waals surface area contributed by atoms with Gasteiger partial charge in [-0.2, -0.15) is 18.3 Å². The topological polar surface area (TPSA) is 68.5 Å². The fourth-order valence-electron chi connectivity index (χ4n) is 2.47. The Bertz CT molecular complexity index is 922. The van der Waals surface area contributed by atoms with Gasteiger partial charge < -0.3 is 10.1 Å². The molecule has 0 aliphatic heterocycles. The molecule has 0 spiro atoms. The summed E-state index contributed by atoms with van der Waals surface area (Å²) in [5.74, 6) is -0.562. The predicted octanol–water partition coefficient (Wildman–Crippen LogP) is 3.24. The Morgan fingerprint density at radius 1 is 1.46 bits per heavy atom. The van der Waals surface area contributed by atoms with E-state index >= 15 is 0 Å². The first-order valence-electron chi connectivity index (χ1n) is 7.61. The van der Waals surface area contributed by atoms with Gasteiger partial charge in [-0.15, -0.1) is 11.3 Å². The Kier molecular flexibility index (Phi) is 4.97. The van der Waals surface area contributed by atoms with Crippen LogP contribution in [-0.4, -0.2) is 40.3 Å². The average molecular weight is 384 g/mol. The smallest absolute Gasteiger partial charge is 0.383 e. The zero-order valence-electron chi connectivity index (χ0n) is 13.9. The van der Waals surface area contributed by atoms with Gasteiger partial charge in [0.1, 0.15) is 5.56 Å². The number of hydrogen-bond donors (Lipinski definition) is 1. The number of nitrogens with zero attached hydrogens (tertiary/aromatic N) is 3. The molecule has 0 aliphatic carbocycles. The van der Waals surface area contributed by atoms with E-state index in [1.54, 1.807) is 24.4 Å². The van der Waals surface area contributed by atoms with E-state index in [-0.39, 0.29) is 29.6 Å². The van der Waals surface area contributed by atoms with Crippen LogP contribution in [0.15, 0.2) is 29.8 Å². The van der Waals surface area contributed by atoms with Crippen LogP contribution in [0.1, 0.15) is 23.0 Å². The number of thiophene rings is 1. The van der Waals surface area contributed by atoms with Crippen molar-refractivity contribution in [2.24, 2.45) is 0 Å². The molecule has 0 fully saturated rings. The predicted molar refractivity (Wildman–Crippen MR) is 90.1 cm³/mol. The number of nitrogens with one attached hydrogen (secondary N) is 1. The van der Waals surface area contributed by atoms with Gasteiger partial charge in [0.25, 0.3) is 5.91 Å². The molecule has 3 heterocycles. The van der Waals surface area contributed by atoms with E-state index in [0.29, 0.717) is 9.39 Å². The molecule has 0 bridgehead atoms. The largest absolute Gasteiger partial charge is 0.433 e. The number of methoxy groups -OCH3 is 1. The summed E-state index contributed by atoms with van der Waals surface area (Å²) in [6.45, 7) is 1.99. The number of fused-ring (bicyclic) bond motifs is 1.